The summed E-state index contributed by atoms with van der Waals surface area (Å²) < 4.78 is 1.84. The van der Waals surface area contributed by atoms with Crippen LogP contribution in [0.15, 0.2) is 33.9 Å². The summed E-state index contributed by atoms with van der Waals surface area (Å²) in [4.78, 5) is 32.8. The highest BCUT2D eigenvalue weighted by atomic mass is 16.2. The lowest BCUT2D eigenvalue weighted by atomic mass is 10.1. The largest absolute Gasteiger partial charge is 0.327 e. The first-order valence-electron chi connectivity index (χ1n) is 7.37. The molecule has 0 aliphatic heterocycles. The van der Waals surface area contributed by atoms with Crippen LogP contribution in [0.1, 0.15) is 25.3 Å². The Morgan fingerprint density at radius 3 is 2.61 bits per heavy atom. The lowest BCUT2D eigenvalue weighted by Crippen LogP contribution is -2.22. The van der Waals surface area contributed by atoms with E-state index in [-0.39, 0.29) is 5.52 Å². The zero-order chi connectivity index (χ0) is 16.4. The SMILES string of the molecule is CCCCn1c(-c2ccc(C#N)cc2)nc2c(=O)[nH]c(=O)[nH]c21. The van der Waals surface area contributed by atoms with Gasteiger partial charge >= 0.3 is 5.69 Å². The van der Waals surface area contributed by atoms with Crippen LogP contribution in [0.3, 0.4) is 0 Å². The number of hydrogen-bond donors (Lipinski definition) is 2. The second kappa shape index (κ2) is 5.93. The van der Waals surface area contributed by atoms with Gasteiger partial charge in [-0.1, -0.05) is 13.3 Å². The number of aromatic amines is 2. The number of unbranched alkanes of at least 4 members (excludes halogenated alkanes) is 1. The van der Waals surface area contributed by atoms with Gasteiger partial charge in [0.05, 0.1) is 11.6 Å². The van der Waals surface area contributed by atoms with Crippen LogP contribution in [0.2, 0.25) is 0 Å². The number of nitrogens with zero attached hydrogens (tertiary/aromatic N) is 3. The van der Waals surface area contributed by atoms with Crippen molar-refractivity contribution >= 4 is 11.2 Å². The van der Waals surface area contributed by atoms with Crippen LogP contribution in [-0.2, 0) is 6.54 Å². The van der Waals surface area contributed by atoms with Gasteiger partial charge in [0.1, 0.15) is 11.5 Å². The number of benzene rings is 1. The average molecular weight is 309 g/mol. The van der Waals surface area contributed by atoms with E-state index in [0.717, 1.165) is 18.4 Å². The fourth-order valence-electron chi connectivity index (χ4n) is 2.49. The maximum absolute atomic E-state index is 12.0. The number of fused-ring (bicyclic) bond motifs is 1. The van der Waals surface area contributed by atoms with Crippen LogP contribution in [0, 0.1) is 11.3 Å². The Labute approximate surface area is 131 Å². The monoisotopic (exact) mass is 309 g/mol. The van der Waals surface area contributed by atoms with Crippen LogP contribution >= 0.6 is 0 Å². The van der Waals surface area contributed by atoms with Crippen molar-refractivity contribution in [1.29, 1.82) is 5.26 Å². The summed E-state index contributed by atoms with van der Waals surface area (Å²) in [5, 5.41) is 8.90. The van der Waals surface area contributed by atoms with E-state index >= 15 is 0 Å². The molecule has 7 heteroatoms. The molecule has 3 rings (SSSR count). The Balaban J connectivity index is 2.25. The van der Waals surface area contributed by atoms with Gasteiger partial charge in [0.2, 0.25) is 0 Å². The maximum atomic E-state index is 12.0. The first-order chi connectivity index (χ1) is 11.1. The third-order valence-corrected chi connectivity index (χ3v) is 3.65. The summed E-state index contributed by atoms with van der Waals surface area (Å²) in [6.45, 7) is 2.71. The molecule has 0 aliphatic carbocycles. The number of imidazole rings is 1. The molecule has 0 radical (unpaired) electrons. The zero-order valence-electron chi connectivity index (χ0n) is 12.6. The number of aromatic nitrogens is 4. The molecule has 0 atom stereocenters. The summed E-state index contributed by atoms with van der Waals surface area (Å²) in [5.74, 6) is 0.602. The Morgan fingerprint density at radius 1 is 1.22 bits per heavy atom. The quantitative estimate of drug-likeness (QED) is 0.765. The summed E-state index contributed by atoms with van der Waals surface area (Å²) in [7, 11) is 0. The molecule has 0 spiro atoms. The summed E-state index contributed by atoms with van der Waals surface area (Å²) in [6.07, 6.45) is 1.86. The summed E-state index contributed by atoms with van der Waals surface area (Å²) in [6, 6.07) is 9.04. The molecule has 0 amide bonds. The lowest BCUT2D eigenvalue weighted by molar-refractivity contribution is 0.646. The predicted molar refractivity (Wildman–Crippen MR) is 86.0 cm³/mol. The van der Waals surface area contributed by atoms with Gasteiger partial charge in [-0.05, 0) is 30.7 Å². The van der Waals surface area contributed by atoms with E-state index < -0.39 is 11.2 Å². The molecular weight excluding hydrogens is 294 g/mol. The normalized spacial score (nSPS) is 10.8. The molecule has 116 valence electrons. The van der Waals surface area contributed by atoms with Crippen molar-refractivity contribution in [3.8, 4) is 17.5 Å². The van der Waals surface area contributed by atoms with E-state index in [1.54, 1.807) is 24.3 Å². The smallest absolute Gasteiger partial charge is 0.310 e. The van der Waals surface area contributed by atoms with Crippen molar-refractivity contribution in [2.45, 2.75) is 26.3 Å². The lowest BCUT2D eigenvalue weighted by Gasteiger charge is -2.08. The van der Waals surface area contributed by atoms with E-state index in [9.17, 15) is 9.59 Å². The third-order valence-electron chi connectivity index (χ3n) is 3.65. The number of hydrogen-bond acceptors (Lipinski definition) is 4. The van der Waals surface area contributed by atoms with Crippen LogP contribution in [0.25, 0.3) is 22.6 Å². The minimum absolute atomic E-state index is 0.208. The Bertz CT molecular complexity index is 1000. The van der Waals surface area contributed by atoms with Crippen molar-refractivity contribution in [3.63, 3.8) is 0 Å². The minimum Gasteiger partial charge on any atom is -0.310 e. The summed E-state index contributed by atoms with van der Waals surface area (Å²) in [5.41, 5.74) is 0.916. The molecule has 2 aromatic heterocycles. The fourth-order valence-corrected chi connectivity index (χ4v) is 2.49. The molecule has 3 aromatic rings. The molecule has 23 heavy (non-hydrogen) atoms. The van der Waals surface area contributed by atoms with Gasteiger partial charge in [-0.3, -0.25) is 14.8 Å². The van der Waals surface area contributed by atoms with E-state index in [0.29, 0.717) is 23.6 Å². The van der Waals surface area contributed by atoms with Gasteiger partial charge in [-0.25, -0.2) is 9.78 Å². The molecule has 2 heterocycles. The third kappa shape index (κ3) is 2.66. The summed E-state index contributed by atoms with van der Waals surface area (Å²) >= 11 is 0. The van der Waals surface area contributed by atoms with E-state index in [1.807, 2.05) is 4.57 Å². The van der Waals surface area contributed by atoms with Gasteiger partial charge in [-0.15, -0.1) is 0 Å². The standard InChI is InChI=1S/C16H15N5O2/c1-2-3-8-21-13(11-6-4-10(9-17)5-7-11)18-12-14(21)19-16(23)20-15(12)22/h4-7H,2-3,8H2,1H3,(H2,19,20,22,23). The first-order valence-corrected chi connectivity index (χ1v) is 7.37. The molecule has 0 aliphatic rings. The highest BCUT2D eigenvalue weighted by Gasteiger charge is 2.15. The maximum Gasteiger partial charge on any atom is 0.327 e. The minimum atomic E-state index is -0.550. The van der Waals surface area contributed by atoms with Crippen molar-refractivity contribution in [2.24, 2.45) is 0 Å². The second-order valence-electron chi connectivity index (χ2n) is 5.24. The molecule has 0 unspecified atom stereocenters. The first kappa shape index (κ1) is 14.8. The number of aryl methyl sites for hydroxylation is 1. The van der Waals surface area contributed by atoms with E-state index in [4.69, 9.17) is 5.26 Å². The molecule has 1 aromatic carbocycles. The van der Waals surface area contributed by atoms with Crippen LogP contribution < -0.4 is 11.2 Å². The predicted octanol–water partition coefficient (Wildman–Crippen LogP) is 1.75. The topological polar surface area (TPSA) is 107 Å². The van der Waals surface area contributed by atoms with Gasteiger partial charge in [0.25, 0.3) is 5.56 Å². The Morgan fingerprint density at radius 2 is 1.96 bits per heavy atom. The molecular formula is C16H15N5O2. The molecule has 7 nitrogen and oxygen atoms in total. The molecule has 0 bridgehead atoms. The second-order valence-corrected chi connectivity index (χ2v) is 5.24. The van der Waals surface area contributed by atoms with Gasteiger partial charge in [0, 0.05) is 12.1 Å². The zero-order valence-corrected chi connectivity index (χ0v) is 12.6. The number of nitrogens with one attached hydrogen (secondary N) is 2. The molecule has 0 saturated carbocycles. The fraction of sp³-hybridized carbons (Fsp3) is 0.250. The highest BCUT2D eigenvalue weighted by molar-refractivity contribution is 5.76. The van der Waals surface area contributed by atoms with Gasteiger partial charge in [-0.2, -0.15) is 5.26 Å². The molecule has 2 N–H and O–H groups in total. The van der Waals surface area contributed by atoms with Gasteiger partial charge in [0.15, 0.2) is 5.52 Å². The number of nitriles is 1. The van der Waals surface area contributed by atoms with Gasteiger partial charge < -0.3 is 4.57 Å². The van der Waals surface area contributed by atoms with Crippen molar-refractivity contribution in [2.75, 3.05) is 0 Å². The average Bonchev–Trinajstić information content (AvgIpc) is 2.92. The van der Waals surface area contributed by atoms with Crippen LogP contribution in [-0.4, -0.2) is 19.5 Å². The Hall–Kier alpha value is -3.14. The van der Waals surface area contributed by atoms with E-state index in [1.165, 1.54) is 0 Å². The van der Waals surface area contributed by atoms with E-state index in [2.05, 4.69) is 27.9 Å². The number of rotatable bonds is 4. The van der Waals surface area contributed by atoms with Crippen LogP contribution in [0.4, 0.5) is 0 Å². The van der Waals surface area contributed by atoms with Crippen LogP contribution in [0.5, 0.6) is 0 Å². The molecule has 0 fully saturated rings. The highest BCUT2D eigenvalue weighted by Crippen LogP contribution is 2.22. The van der Waals surface area contributed by atoms with Crippen molar-refractivity contribution in [1.82, 2.24) is 19.5 Å². The molecule has 0 saturated heterocycles. The van der Waals surface area contributed by atoms with Crippen molar-refractivity contribution < 1.29 is 0 Å². The van der Waals surface area contributed by atoms with Crippen molar-refractivity contribution in [3.05, 3.63) is 50.7 Å². The number of H-pyrrole nitrogens is 2. The Kier molecular flexibility index (Phi) is 3.81.